The van der Waals surface area contributed by atoms with Gasteiger partial charge in [0.05, 0.1) is 6.42 Å². The third kappa shape index (κ3) is 3.14. The minimum Gasteiger partial charge on any atom is -0.457 e. The Hall–Kier alpha value is -2.55. The topological polar surface area (TPSA) is 39.4 Å². The first kappa shape index (κ1) is 13.4. The van der Waals surface area contributed by atoms with Crippen molar-refractivity contribution in [2.24, 2.45) is 0 Å². The summed E-state index contributed by atoms with van der Waals surface area (Å²) in [4.78, 5) is 11.9. The fourth-order valence-electron chi connectivity index (χ4n) is 2.27. The van der Waals surface area contributed by atoms with E-state index in [2.05, 4.69) is 0 Å². The van der Waals surface area contributed by atoms with Gasteiger partial charge in [-0.1, -0.05) is 42.5 Å². The van der Waals surface area contributed by atoms with Gasteiger partial charge in [-0.05, 0) is 30.2 Å². The summed E-state index contributed by atoms with van der Waals surface area (Å²) in [6.07, 6.45) is 0.285. The predicted molar refractivity (Wildman–Crippen MR) is 80.9 cm³/mol. The smallest absolute Gasteiger partial charge is 0.310 e. The van der Waals surface area contributed by atoms with Gasteiger partial charge in [0.25, 0.3) is 0 Å². The first-order valence-corrected chi connectivity index (χ1v) is 6.90. The Kier molecular flexibility index (Phi) is 3.73. The molecule has 0 radical (unpaired) electrons. The molecule has 0 aliphatic carbocycles. The summed E-state index contributed by atoms with van der Waals surface area (Å²) < 4.78 is 10.9. The Morgan fingerprint density at radius 3 is 2.67 bits per heavy atom. The van der Waals surface area contributed by atoms with E-state index in [1.54, 1.807) is 0 Å². The molecule has 2 aromatic carbocycles. The van der Waals surface area contributed by atoms with Crippen LogP contribution in [0.25, 0.3) is 11.0 Å². The molecule has 0 aliphatic heterocycles. The molecule has 0 unspecified atom stereocenters. The van der Waals surface area contributed by atoms with Gasteiger partial charge in [0, 0.05) is 5.39 Å². The Morgan fingerprint density at radius 2 is 1.86 bits per heavy atom. The third-order valence-electron chi connectivity index (χ3n) is 3.45. The summed E-state index contributed by atoms with van der Waals surface area (Å²) in [5.41, 5.74) is 2.90. The Morgan fingerprint density at radius 1 is 1.10 bits per heavy atom. The van der Waals surface area contributed by atoms with Gasteiger partial charge in [0.15, 0.2) is 0 Å². The predicted octanol–water partition coefficient (Wildman–Crippen LogP) is 4.03. The van der Waals surface area contributed by atoms with Crippen molar-refractivity contribution in [2.45, 2.75) is 20.0 Å². The summed E-state index contributed by atoms with van der Waals surface area (Å²) in [7, 11) is 0. The van der Waals surface area contributed by atoms with E-state index >= 15 is 0 Å². The molecule has 3 aromatic rings. The molecule has 0 fully saturated rings. The van der Waals surface area contributed by atoms with E-state index in [4.69, 9.17) is 9.15 Å². The molecule has 1 aromatic heterocycles. The number of rotatable bonds is 4. The molecule has 106 valence electrons. The molecule has 0 aliphatic rings. The fraction of sp³-hybridized carbons (Fsp3) is 0.167. The van der Waals surface area contributed by atoms with E-state index in [1.807, 2.05) is 61.5 Å². The quantitative estimate of drug-likeness (QED) is 0.677. The molecule has 0 bridgehead atoms. The SMILES string of the molecule is Cc1ccccc1CC(=O)OCc1cc2ccccc2o1. The highest BCUT2D eigenvalue weighted by molar-refractivity contribution is 5.78. The van der Waals surface area contributed by atoms with Crippen molar-refractivity contribution >= 4 is 16.9 Å². The number of hydrogen-bond acceptors (Lipinski definition) is 3. The maximum absolute atomic E-state index is 11.9. The zero-order chi connectivity index (χ0) is 14.7. The van der Waals surface area contributed by atoms with Crippen molar-refractivity contribution in [1.29, 1.82) is 0 Å². The Labute approximate surface area is 123 Å². The van der Waals surface area contributed by atoms with Crippen molar-refractivity contribution in [3.63, 3.8) is 0 Å². The molecule has 0 spiro atoms. The lowest BCUT2D eigenvalue weighted by molar-refractivity contribution is -0.144. The lowest BCUT2D eigenvalue weighted by atomic mass is 10.1. The van der Waals surface area contributed by atoms with Crippen LogP contribution in [-0.2, 0) is 22.6 Å². The van der Waals surface area contributed by atoms with Crippen LogP contribution < -0.4 is 0 Å². The molecule has 3 nitrogen and oxygen atoms in total. The maximum Gasteiger partial charge on any atom is 0.310 e. The van der Waals surface area contributed by atoms with Crippen molar-refractivity contribution in [1.82, 2.24) is 0 Å². The van der Waals surface area contributed by atoms with Gasteiger partial charge in [-0.2, -0.15) is 0 Å². The second-order valence-corrected chi connectivity index (χ2v) is 5.01. The van der Waals surface area contributed by atoms with Gasteiger partial charge in [-0.15, -0.1) is 0 Å². The molecule has 0 atom stereocenters. The van der Waals surface area contributed by atoms with Crippen LogP contribution in [0.2, 0.25) is 0 Å². The average molecular weight is 280 g/mol. The summed E-state index contributed by atoms with van der Waals surface area (Å²) in [6, 6.07) is 17.4. The highest BCUT2D eigenvalue weighted by Gasteiger charge is 2.09. The third-order valence-corrected chi connectivity index (χ3v) is 3.45. The molecule has 0 amide bonds. The van der Waals surface area contributed by atoms with Crippen LogP contribution >= 0.6 is 0 Å². The van der Waals surface area contributed by atoms with Crippen molar-refractivity contribution < 1.29 is 13.9 Å². The number of carbonyl (C=O) groups is 1. The molecule has 0 N–H and O–H groups in total. The number of ether oxygens (including phenoxy) is 1. The van der Waals surface area contributed by atoms with Crippen LogP contribution in [0.5, 0.6) is 0 Å². The van der Waals surface area contributed by atoms with Crippen molar-refractivity contribution in [2.75, 3.05) is 0 Å². The minimum atomic E-state index is -0.246. The van der Waals surface area contributed by atoms with E-state index in [-0.39, 0.29) is 19.0 Å². The van der Waals surface area contributed by atoms with Gasteiger partial charge in [0.1, 0.15) is 18.0 Å². The Bertz CT molecular complexity index is 738. The van der Waals surface area contributed by atoms with Crippen LogP contribution in [-0.4, -0.2) is 5.97 Å². The Balaban J connectivity index is 1.62. The van der Waals surface area contributed by atoms with E-state index in [0.717, 1.165) is 22.1 Å². The molecule has 21 heavy (non-hydrogen) atoms. The van der Waals surface area contributed by atoms with E-state index < -0.39 is 0 Å². The normalized spacial score (nSPS) is 10.7. The largest absolute Gasteiger partial charge is 0.457 e. The number of aryl methyl sites for hydroxylation is 1. The zero-order valence-electron chi connectivity index (χ0n) is 11.8. The molecule has 0 saturated heterocycles. The van der Waals surface area contributed by atoms with Gasteiger partial charge in [-0.3, -0.25) is 4.79 Å². The molecule has 0 saturated carbocycles. The van der Waals surface area contributed by atoms with Crippen LogP contribution in [0.4, 0.5) is 0 Å². The highest BCUT2D eigenvalue weighted by Crippen LogP contribution is 2.19. The summed E-state index contributed by atoms with van der Waals surface area (Å²) in [6.45, 7) is 2.15. The van der Waals surface area contributed by atoms with Crippen LogP contribution in [0.3, 0.4) is 0 Å². The van der Waals surface area contributed by atoms with E-state index in [9.17, 15) is 4.79 Å². The van der Waals surface area contributed by atoms with E-state index in [1.165, 1.54) is 0 Å². The van der Waals surface area contributed by atoms with E-state index in [0.29, 0.717) is 5.76 Å². The standard InChI is InChI=1S/C18H16O3/c1-13-6-2-3-7-14(13)11-18(19)20-12-16-10-15-8-4-5-9-17(15)21-16/h2-10H,11-12H2,1H3. The fourth-order valence-corrected chi connectivity index (χ4v) is 2.27. The number of benzene rings is 2. The number of esters is 1. The van der Waals surface area contributed by atoms with Crippen LogP contribution in [0.1, 0.15) is 16.9 Å². The average Bonchev–Trinajstić information content (AvgIpc) is 2.90. The molecule has 3 heteroatoms. The first-order chi connectivity index (χ1) is 10.2. The maximum atomic E-state index is 11.9. The second-order valence-electron chi connectivity index (χ2n) is 5.01. The zero-order valence-corrected chi connectivity index (χ0v) is 11.8. The van der Waals surface area contributed by atoms with Gasteiger partial charge in [-0.25, -0.2) is 0 Å². The van der Waals surface area contributed by atoms with Crippen molar-refractivity contribution in [3.05, 3.63) is 71.5 Å². The molecule has 3 rings (SSSR count). The summed E-state index contributed by atoms with van der Waals surface area (Å²) in [5.74, 6) is 0.416. The van der Waals surface area contributed by atoms with Crippen molar-refractivity contribution in [3.8, 4) is 0 Å². The number of hydrogen-bond donors (Lipinski definition) is 0. The molecule has 1 heterocycles. The van der Waals surface area contributed by atoms with Crippen LogP contribution in [0, 0.1) is 6.92 Å². The monoisotopic (exact) mass is 280 g/mol. The lowest BCUT2D eigenvalue weighted by Crippen LogP contribution is -2.08. The number of furan rings is 1. The lowest BCUT2D eigenvalue weighted by Gasteiger charge is -2.05. The van der Waals surface area contributed by atoms with Gasteiger partial charge >= 0.3 is 5.97 Å². The molecular formula is C18H16O3. The summed E-state index contributed by atoms with van der Waals surface area (Å²) in [5, 5.41) is 1.02. The number of carbonyl (C=O) groups excluding carboxylic acids is 1. The second kappa shape index (κ2) is 5.83. The van der Waals surface area contributed by atoms with Gasteiger partial charge in [0.2, 0.25) is 0 Å². The highest BCUT2D eigenvalue weighted by atomic mass is 16.5. The minimum absolute atomic E-state index is 0.166. The number of para-hydroxylation sites is 1. The van der Waals surface area contributed by atoms with Crippen LogP contribution in [0.15, 0.2) is 59.0 Å². The molecular weight excluding hydrogens is 264 g/mol. The van der Waals surface area contributed by atoms with Gasteiger partial charge < -0.3 is 9.15 Å². The summed E-state index contributed by atoms with van der Waals surface area (Å²) >= 11 is 0. The first-order valence-electron chi connectivity index (χ1n) is 6.90. The number of fused-ring (bicyclic) bond motifs is 1.